The van der Waals surface area contributed by atoms with E-state index in [0.717, 1.165) is 48.5 Å². The highest BCUT2D eigenvalue weighted by Crippen LogP contribution is 2.12. The maximum atomic E-state index is 11.8. The average Bonchev–Trinajstić information content (AvgIpc) is 2.61. The molecule has 4 amide bonds. The number of carbonyl (C=O) groups is 3. The summed E-state index contributed by atoms with van der Waals surface area (Å²) in [5.74, 6) is -1.73. The lowest BCUT2D eigenvalue weighted by molar-refractivity contribution is -0.385. The summed E-state index contributed by atoms with van der Waals surface area (Å²) >= 11 is 0. The van der Waals surface area contributed by atoms with E-state index in [1.54, 1.807) is 0 Å². The summed E-state index contributed by atoms with van der Waals surface area (Å²) in [5, 5.41) is 24.9. The van der Waals surface area contributed by atoms with E-state index in [2.05, 4.69) is 0 Å². The van der Waals surface area contributed by atoms with E-state index >= 15 is 0 Å². The number of carbonyl (C=O) groups excluding carboxylic acids is 3. The van der Waals surface area contributed by atoms with Crippen molar-refractivity contribution in [2.24, 2.45) is 0 Å². The summed E-state index contributed by atoms with van der Waals surface area (Å²) in [6.07, 6.45) is 0. The predicted octanol–water partition coefficient (Wildman–Crippen LogP) is 1.78. The molecule has 132 valence electrons. The fraction of sp³-hybridized carbons (Fsp3) is 0. The third kappa shape index (κ3) is 4.44. The molecule has 0 saturated heterocycles. The Labute approximate surface area is 144 Å². The molecule has 11 heteroatoms. The largest absolute Gasteiger partial charge is 0.328 e. The number of hydrogen-bond acceptors (Lipinski definition) is 7. The number of hydrogen-bond donors (Lipinski definition) is 2. The van der Waals surface area contributed by atoms with Gasteiger partial charge in [0, 0.05) is 35.4 Å². The Morgan fingerprint density at radius 2 is 0.962 bits per heavy atom. The fourth-order valence-corrected chi connectivity index (χ4v) is 1.85. The number of nitro groups is 2. The summed E-state index contributed by atoms with van der Waals surface area (Å²) in [6, 6.07) is 7.86. The van der Waals surface area contributed by atoms with Crippen LogP contribution in [0.1, 0.15) is 20.7 Å². The highest BCUT2D eigenvalue weighted by molar-refractivity contribution is 6.11. The number of amides is 4. The van der Waals surface area contributed by atoms with Crippen LogP contribution in [0.2, 0.25) is 0 Å². The first-order valence-electron chi connectivity index (χ1n) is 6.93. The van der Waals surface area contributed by atoms with Crippen molar-refractivity contribution >= 4 is 29.2 Å². The predicted molar refractivity (Wildman–Crippen MR) is 86.5 cm³/mol. The minimum Gasteiger partial charge on any atom is -0.274 e. The van der Waals surface area contributed by atoms with Crippen LogP contribution in [0.4, 0.5) is 16.2 Å². The molecule has 0 unspecified atom stereocenters. The lowest BCUT2D eigenvalue weighted by atomic mass is 10.2. The van der Waals surface area contributed by atoms with Crippen LogP contribution in [0.25, 0.3) is 0 Å². The molecule has 0 radical (unpaired) electrons. The van der Waals surface area contributed by atoms with Crippen molar-refractivity contribution in [1.82, 2.24) is 10.6 Å². The van der Waals surface area contributed by atoms with Crippen molar-refractivity contribution in [1.29, 1.82) is 0 Å². The van der Waals surface area contributed by atoms with Gasteiger partial charge in [-0.25, -0.2) is 4.79 Å². The zero-order valence-corrected chi connectivity index (χ0v) is 12.9. The molecule has 0 aromatic heterocycles. The molecule has 0 aliphatic rings. The van der Waals surface area contributed by atoms with Crippen LogP contribution >= 0.6 is 0 Å². The molecule has 0 aliphatic carbocycles. The normalized spacial score (nSPS) is 9.85. The van der Waals surface area contributed by atoms with Crippen LogP contribution in [0, 0.1) is 20.2 Å². The molecule has 2 rings (SSSR count). The second kappa shape index (κ2) is 7.61. The Balaban J connectivity index is 1.96. The number of nitrogens with zero attached hydrogens (tertiary/aromatic N) is 2. The maximum Gasteiger partial charge on any atom is 0.328 e. The molecule has 11 nitrogen and oxygen atoms in total. The van der Waals surface area contributed by atoms with E-state index in [9.17, 15) is 34.6 Å². The molecule has 0 fully saturated rings. The summed E-state index contributed by atoms with van der Waals surface area (Å²) in [6.45, 7) is 0. The Morgan fingerprint density at radius 3 is 1.23 bits per heavy atom. The first-order valence-corrected chi connectivity index (χ1v) is 6.93. The SMILES string of the molecule is O=C(NC(=O)c1ccc([N+](=O)[O-])cc1)NC(=O)c1ccc([N+](=O)[O-])cc1. The highest BCUT2D eigenvalue weighted by Gasteiger charge is 2.16. The summed E-state index contributed by atoms with van der Waals surface area (Å²) in [5.41, 5.74) is -0.485. The molecule has 0 heterocycles. The average molecular weight is 358 g/mol. The maximum absolute atomic E-state index is 11.8. The van der Waals surface area contributed by atoms with Gasteiger partial charge in [-0.05, 0) is 24.3 Å². The first kappa shape index (κ1) is 18.2. The number of imide groups is 2. The molecule has 26 heavy (non-hydrogen) atoms. The van der Waals surface area contributed by atoms with Gasteiger partial charge in [0.2, 0.25) is 0 Å². The Hall–Kier alpha value is -4.15. The molecule has 0 spiro atoms. The van der Waals surface area contributed by atoms with Crippen molar-refractivity contribution in [3.05, 3.63) is 79.9 Å². The quantitative estimate of drug-likeness (QED) is 0.621. The standard InChI is InChI=1S/C15H10N4O7/c20-13(9-1-5-11(6-2-9)18(23)24)16-15(22)17-14(21)10-3-7-12(8-4-10)19(25)26/h1-8H,(H2,16,17,20,21,22). The number of nitro benzene ring substituents is 2. The number of rotatable bonds is 4. The van der Waals surface area contributed by atoms with Crippen LogP contribution in [-0.2, 0) is 0 Å². The van der Waals surface area contributed by atoms with E-state index in [4.69, 9.17) is 0 Å². The van der Waals surface area contributed by atoms with E-state index in [-0.39, 0.29) is 22.5 Å². The van der Waals surface area contributed by atoms with Crippen LogP contribution in [-0.4, -0.2) is 27.7 Å². The molecule has 0 bridgehead atoms. The topological polar surface area (TPSA) is 162 Å². The van der Waals surface area contributed by atoms with Crippen LogP contribution < -0.4 is 10.6 Å². The Bertz CT molecular complexity index is 818. The molecule has 0 aliphatic heterocycles. The minimum absolute atomic E-state index is 0.0199. The second-order valence-corrected chi connectivity index (χ2v) is 4.85. The van der Waals surface area contributed by atoms with Crippen LogP contribution in [0.5, 0.6) is 0 Å². The highest BCUT2D eigenvalue weighted by atomic mass is 16.6. The fourth-order valence-electron chi connectivity index (χ4n) is 1.85. The summed E-state index contributed by atoms with van der Waals surface area (Å²) < 4.78 is 0. The van der Waals surface area contributed by atoms with Crippen LogP contribution in [0.15, 0.2) is 48.5 Å². The molecule has 2 aromatic carbocycles. The van der Waals surface area contributed by atoms with Gasteiger partial charge in [0.05, 0.1) is 9.85 Å². The van der Waals surface area contributed by atoms with E-state index in [1.165, 1.54) is 0 Å². The van der Waals surface area contributed by atoms with Crippen LogP contribution in [0.3, 0.4) is 0 Å². The Morgan fingerprint density at radius 1 is 0.654 bits per heavy atom. The van der Waals surface area contributed by atoms with Gasteiger partial charge in [-0.1, -0.05) is 0 Å². The summed E-state index contributed by atoms with van der Waals surface area (Å²) in [7, 11) is 0. The molecule has 2 N–H and O–H groups in total. The van der Waals surface area contributed by atoms with Gasteiger partial charge >= 0.3 is 6.03 Å². The van der Waals surface area contributed by atoms with Crippen molar-refractivity contribution in [3.8, 4) is 0 Å². The Kier molecular flexibility index (Phi) is 5.33. The lowest BCUT2D eigenvalue weighted by Gasteiger charge is -2.06. The van der Waals surface area contributed by atoms with Gasteiger partial charge in [0.25, 0.3) is 23.2 Å². The van der Waals surface area contributed by atoms with Gasteiger partial charge in [0.15, 0.2) is 0 Å². The van der Waals surface area contributed by atoms with Crippen molar-refractivity contribution in [2.75, 3.05) is 0 Å². The zero-order chi connectivity index (χ0) is 19.3. The number of urea groups is 1. The van der Waals surface area contributed by atoms with Gasteiger partial charge in [-0.2, -0.15) is 0 Å². The summed E-state index contributed by atoms with van der Waals surface area (Å²) in [4.78, 5) is 55.2. The second-order valence-electron chi connectivity index (χ2n) is 4.85. The molecule has 0 atom stereocenters. The molecular weight excluding hydrogens is 348 g/mol. The minimum atomic E-state index is -1.11. The number of non-ortho nitro benzene ring substituents is 2. The first-order chi connectivity index (χ1) is 12.3. The lowest BCUT2D eigenvalue weighted by Crippen LogP contribution is -2.42. The third-order valence-electron chi connectivity index (χ3n) is 3.13. The molecule has 0 saturated carbocycles. The van der Waals surface area contributed by atoms with E-state index in [1.807, 2.05) is 10.6 Å². The van der Waals surface area contributed by atoms with E-state index in [0.29, 0.717) is 0 Å². The monoisotopic (exact) mass is 358 g/mol. The van der Waals surface area contributed by atoms with Crippen molar-refractivity contribution < 1.29 is 24.2 Å². The van der Waals surface area contributed by atoms with Gasteiger partial charge in [0.1, 0.15) is 0 Å². The molecule has 2 aromatic rings. The van der Waals surface area contributed by atoms with Gasteiger partial charge in [-0.15, -0.1) is 0 Å². The smallest absolute Gasteiger partial charge is 0.274 e. The number of benzene rings is 2. The van der Waals surface area contributed by atoms with Crippen molar-refractivity contribution in [2.45, 2.75) is 0 Å². The molecular formula is C15H10N4O7. The third-order valence-corrected chi connectivity index (χ3v) is 3.13. The van der Waals surface area contributed by atoms with Gasteiger partial charge in [-0.3, -0.25) is 40.5 Å². The van der Waals surface area contributed by atoms with Gasteiger partial charge < -0.3 is 0 Å². The number of nitrogens with one attached hydrogen (secondary N) is 2. The van der Waals surface area contributed by atoms with E-state index < -0.39 is 27.7 Å². The zero-order valence-electron chi connectivity index (χ0n) is 12.9. The van der Waals surface area contributed by atoms with Crippen molar-refractivity contribution in [3.63, 3.8) is 0 Å².